The van der Waals surface area contributed by atoms with Crippen LogP contribution >= 0.6 is 11.6 Å². The lowest BCUT2D eigenvalue weighted by Gasteiger charge is -2.35. The van der Waals surface area contributed by atoms with E-state index < -0.39 is 28.5 Å². The molecule has 4 rings (SSSR count). The molecule has 0 unspecified atom stereocenters. The van der Waals surface area contributed by atoms with E-state index in [0.29, 0.717) is 16.5 Å². The summed E-state index contributed by atoms with van der Waals surface area (Å²) >= 11 is 6.14. The molecule has 1 aliphatic carbocycles. The van der Waals surface area contributed by atoms with Crippen LogP contribution in [0, 0.1) is 0 Å². The summed E-state index contributed by atoms with van der Waals surface area (Å²) in [5, 5.41) is 3.74. The number of amides is 2. The summed E-state index contributed by atoms with van der Waals surface area (Å²) in [5.74, 6) is -0.0550. The van der Waals surface area contributed by atoms with Gasteiger partial charge >= 0.3 is 0 Å². The number of hydrogen-bond donors (Lipinski definition) is 1. The van der Waals surface area contributed by atoms with Crippen molar-refractivity contribution >= 4 is 39.1 Å². The first-order chi connectivity index (χ1) is 21.1. The molecule has 0 heterocycles. The van der Waals surface area contributed by atoms with Gasteiger partial charge in [-0.25, -0.2) is 8.42 Å². The molecule has 0 bridgehead atoms. The number of ether oxygens (including phenoxy) is 2. The molecule has 11 heteroatoms. The van der Waals surface area contributed by atoms with Crippen LogP contribution < -0.4 is 19.1 Å². The Morgan fingerprint density at radius 1 is 0.909 bits per heavy atom. The molecule has 0 radical (unpaired) electrons. The van der Waals surface area contributed by atoms with Crippen LogP contribution in [0.4, 0.5) is 5.69 Å². The number of carbonyl (C=O) groups is 2. The van der Waals surface area contributed by atoms with Gasteiger partial charge in [0, 0.05) is 30.1 Å². The van der Waals surface area contributed by atoms with E-state index in [4.69, 9.17) is 21.1 Å². The quantitative estimate of drug-likeness (QED) is 0.275. The maximum absolute atomic E-state index is 14.3. The lowest BCUT2D eigenvalue weighted by molar-refractivity contribution is -0.140. The fraction of sp³-hybridized carbons (Fsp3) is 0.394. The van der Waals surface area contributed by atoms with Gasteiger partial charge in [0.25, 0.3) is 0 Å². The summed E-state index contributed by atoms with van der Waals surface area (Å²) in [6.07, 6.45) is 6.28. The van der Waals surface area contributed by atoms with Crippen molar-refractivity contribution in [2.75, 3.05) is 31.3 Å². The van der Waals surface area contributed by atoms with E-state index >= 15 is 0 Å². The number of anilines is 1. The van der Waals surface area contributed by atoms with Gasteiger partial charge in [0.1, 0.15) is 12.6 Å². The molecule has 1 aliphatic rings. The Morgan fingerprint density at radius 2 is 1.57 bits per heavy atom. The minimum Gasteiger partial charge on any atom is -0.493 e. The van der Waals surface area contributed by atoms with Gasteiger partial charge in [-0.3, -0.25) is 13.9 Å². The summed E-state index contributed by atoms with van der Waals surface area (Å²) in [6, 6.07) is 20.3. The van der Waals surface area contributed by atoms with Gasteiger partial charge in [0.05, 0.1) is 26.2 Å². The zero-order valence-corrected chi connectivity index (χ0v) is 26.9. The number of nitrogens with one attached hydrogen (secondary N) is 1. The van der Waals surface area contributed by atoms with Crippen molar-refractivity contribution in [2.24, 2.45) is 0 Å². The molecule has 0 aromatic heterocycles. The summed E-state index contributed by atoms with van der Waals surface area (Å²) < 4.78 is 37.9. The molecule has 0 spiro atoms. The van der Waals surface area contributed by atoms with Gasteiger partial charge in [-0.05, 0) is 48.2 Å². The van der Waals surface area contributed by atoms with Crippen molar-refractivity contribution in [2.45, 2.75) is 57.2 Å². The summed E-state index contributed by atoms with van der Waals surface area (Å²) in [5.41, 5.74) is 1.87. The molecule has 1 saturated carbocycles. The van der Waals surface area contributed by atoms with Gasteiger partial charge in [-0.15, -0.1) is 0 Å². The summed E-state index contributed by atoms with van der Waals surface area (Å²) in [7, 11) is -0.995. The van der Waals surface area contributed by atoms with Crippen LogP contribution in [0.15, 0.2) is 72.8 Å². The molecule has 0 saturated heterocycles. The Hall–Kier alpha value is -3.76. The van der Waals surface area contributed by atoms with E-state index in [0.717, 1.165) is 53.8 Å². The maximum Gasteiger partial charge on any atom is 0.244 e. The average molecular weight is 642 g/mol. The average Bonchev–Trinajstić information content (AvgIpc) is 3.02. The molecular formula is C33H40ClN3O6S. The second-order valence-corrected chi connectivity index (χ2v) is 13.3. The van der Waals surface area contributed by atoms with Crippen LogP contribution in [-0.2, 0) is 32.6 Å². The zero-order valence-electron chi connectivity index (χ0n) is 25.4. The van der Waals surface area contributed by atoms with Crippen LogP contribution in [0.5, 0.6) is 11.5 Å². The highest BCUT2D eigenvalue weighted by Crippen LogP contribution is 2.32. The maximum atomic E-state index is 14.3. The number of sulfonamides is 1. The highest BCUT2D eigenvalue weighted by atomic mass is 35.5. The Bertz CT molecular complexity index is 1510. The summed E-state index contributed by atoms with van der Waals surface area (Å²) in [4.78, 5) is 29.8. The molecule has 1 fully saturated rings. The lowest BCUT2D eigenvalue weighted by atomic mass is 9.94. The van der Waals surface area contributed by atoms with Crippen molar-refractivity contribution in [3.8, 4) is 11.5 Å². The second kappa shape index (κ2) is 15.3. The van der Waals surface area contributed by atoms with E-state index in [9.17, 15) is 18.0 Å². The fourth-order valence-electron chi connectivity index (χ4n) is 5.48. The van der Waals surface area contributed by atoms with Gasteiger partial charge < -0.3 is 19.7 Å². The molecule has 2 amide bonds. The third-order valence-electron chi connectivity index (χ3n) is 7.82. The van der Waals surface area contributed by atoms with Crippen molar-refractivity contribution < 1.29 is 27.5 Å². The molecule has 1 atom stereocenters. The van der Waals surface area contributed by atoms with Gasteiger partial charge in [-0.2, -0.15) is 0 Å². The Kier molecular flexibility index (Phi) is 11.5. The normalized spacial score (nSPS) is 14.4. The number of benzene rings is 3. The molecule has 0 aliphatic heterocycles. The number of rotatable bonds is 13. The standard InChI is InChI=1S/C33H40ClN3O6S/c1-42-30-19-18-28(21-31(30)43-2)37(44(3,40)41)23-32(38)36(22-25-14-16-26(34)17-15-25)29(20-24-10-6-4-7-11-24)33(39)35-27-12-8-5-9-13-27/h4,6-7,10-11,14-19,21,27,29H,5,8-9,12-13,20,22-23H2,1-3H3,(H,35,39)/t29-/m0/s1. The monoisotopic (exact) mass is 641 g/mol. The molecule has 3 aromatic carbocycles. The van der Waals surface area contributed by atoms with E-state index in [1.165, 1.54) is 25.2 Å². The SMILES string of the molecule is COc1ccc(N(CC(=O)N(Cc2ccc(Cl)cc2)[C@@H](Cc2ccccc2)C(=O)NC2CCCCC2)S(C)(=O)=O)cc1OC. The molecule has 3 aromatic rings. The number of carbonyl (C=O) groups excluding carboxylic acids is 2. The predicted octanol–water partition coefficient (Wildman–Crippen LogP) is 5.21. The third kappa shape index (κ3) is 8.89. The Balaban J connectivity index is 1.73. The largest absolute Gasteiger partial charge is 0.493 e. The minimum absolute atomic E-state index is 0.0290. The van der Waals surface area contributed by atoms with Crippen molar-refractivity contribution in [3.63, 3.8) is 0 Å². The van der Waals surface area contributed by atoms with Crippen molar-refractivity contribution in [1.29, 1.82) is 0 Å². The predicted molar refractivity (Wildman–Crippen MR) is 173 cm³/mol. The molecule has 236 valence electrons. The first-order valence-electron chi connectivity index (χ1n) is 14.7. The Labute approximate surface area is 265 Å². The van der Waals surface area contributed by atoms with E-state index in [1.54, 1.807) is 36.4 Å². The third-order valence-corrected chi connectivity index (χ3v) is 9.22. The number of methoxy groups -OCH3 is 2. The minimum atomic E-state index is -3.93. The van der Waals surface area contributed by atoms with E-state index in [-0.39, 0.29) is 30.6 Å². The lowest BCUT2D eigenvalue weighted by Crippen LogP contribution is -2.55. The zero-order chi connectivity index (χ0) is 31.7. The molecule has 44 heavy (non-hydrogen) atoms. The second-order valence-electron chi connectivity index (χ2n) is 11.0. The van der Waals surface area contributed by atoms with E-state index in [2.05, 4.69) is 5.32 Å². The molecular weight excluding hydrogens is 602 g/mol. The number of nitrogens with zero attached hydrogens (tertiary/aromatic N) is 2. The van der Waals surface area contributed by atoms with Crippen molar-refractivity contribution in [3.05, 3.63) is 88.9 Å². The molecule has 9 nitrogen and oxygen atoms in total. The van der Waals surface area contributed by atoms with Crippen LogP contribution in [0.25, 0.3) is 0 Å². The summed E-state index contributed by atoms with van der Waals surface area (Å²) in [6.45, 7) is -0.445. The topological polar surface area (TPSA) is 105 Å². The smallest absolute Gasteiger partial charge is 0.244 e. The highest BCUT2D eigenvalue weighted by molar-refractivity contribution is 7.92. The van der Waals surface area contributed by atoms with Crippen LogP contribution in [0.1, 0.15) is 43.2 Å². The number of hydrogen-bond acceptors (Lipinski definition) is 6. The van der Waals surface area contributed by atoms with Gasteiger partial charge in [-0.1, -0.05) is 73.3 Å². The Morgan fingerprint density at radius 3 is 2.18 bits per heavy atom. The first kappa shape index (κ1) is 33.1. The van der Waals surface area contributed by atoms with Gasteiger partial charge in [0.15, 0.2) is 11.5 Å². The van der Waals surface area contributed by atoms with E-state index in [1.807, 2.05) is 30.3 Å². The van der Waals surface area contributed by atoms with Crippen LogP contribution in [0.3, 0.4) is 0 Å². The molecule has 1 N–H and O–H groups in total. The van der Waals surface area contributed by atoms with Gasteiger partial charge in [0.2, 0.25) is 21.8 Å². The first-order valence-corrected chi connectivity index (χ1v) is 16.9. The highest BCUT2D eigenvalue weighted by Gasteiger charge is 2.34. The van der Waals surface area contributed by atoms with Crippen molar-refractivity contribution in [1.82, 2.24) is 10.2 Å². The fourth-order valence-corrected chi connectivity index (χ4v) is 6.45. The van der Waals surface area contributed by atoms with Crippen LogP contribution in [-0.4, -0.2) is 64.2 Å². The number of halogens is 1. The van der Waals surface area contributed by atoms with Crippen LogP contribution in [0.2, 0.25) is 5.02 Å².